The van der Waals surface area contributed by atoms with Crippen LogP contribution in [-0.4, -0.2) is 17.1 Å². The molecular weight excluding hydrogens is 236 g/mol. The summed E-state index contributed by atoms with van der Waals surface area (Å²) < 4.78 is 5.05. The van der Waals surface area contributed by atoms with E-state index in [4.69, 9.17) is 10.5 Å². The summed E-state index contributed by atoms with van der Waals surface area (Å²) in [4.78, 5) is 9.61. The lowest BCUT2D eigenvalue weighted by atomic mass is 10.3. The maximum atomic E-state index is 5.83. The van der Waals surface area contributed by atoms with Crippen molar-refractivity contribution in [3.05, 3.63) is 28.2 Å². The van der Waals surface area contributed by atoms with Crippen molar-refractivity contribution in [2.75, 3.05) is 18.2 Å². The molecule has 2 heterocycles. The fourth-order valence-electron chi connectivity index (χ4n) is 1.37. The molecule has 0 saturated heterocycles. The van der Waals surface area contributed by atoms with Gasteiger partial charge in [-0.1, -0.05) is 0 Å². The second-order valence-corrected chi connectivity index (χ2v) is 4.45. The van der Waals surface area contributed by atoms with Crippen molar-refractivity contribution in [1.29, 1.82) is 0 Å². The molecule has 6 heteroatoms. The van der Waals surface area contributed by atoms with Crippen molar-refractivity contribution in [2.45, 2.75) is 13.5 Å². The SMILES string of the molecule is COc1ccc(N)c(NCc2scnc2C)n1. The van der Waals surface area contributed by atoms with Gasteiger partial charge in [-0.15, -0.1) is 11.3 Å². The van der Waals surface area contributed by atoms with Crippen molar-refractivity contribution in [3.63, 3.8) is 0 Å². The van der Waals surface area contributed by atoms with E-state index < -0.39 is 0 Å². The van der Waals surface area contributed by atoms with Gasteiger partial charge in [0.1, 0.15) is 0 Å². The van der Waals surface area contributed by atoms with Gasteiger partial charge in [0.2, 0.25) is 5.88 Å². The number of methoxy groups -OCH3 is 1. The highest BCUT2D eigenvalue weighted by molar-refractivity contribution is 7.09. The molecule has 2 aromatic heterocycles. The first-order valence-electron chi connectivity index (χ1n) is 5.14. The summed E-state index contributed by atoms with van der Waals surface area (Å²) in [6.45, 7) is 2.65. The zero-order valence-electron chi connectivity index (χ0n) is 9.73. The minimum atomic E-state index is 0.544. The summed E-state index contributed by atoms with van der Waals surface area (Å²) in [7, 11) is 1.58. The molecule has 0 radical (unpaired) electrons. The molecule has 0 aromatic carbocycles. The lowest BCUT2D eigenvalue weighted by Crippen LogP contribution is -2.05. The van der Waals surface area contributed by atoms with E-state index in [1.54, 1.807) is 30.6 Å². The Morgan fingerprint density at radius 3 is 2.94 bits per heavy atom. The zero-order valence-corrected chi connectivity index (χ0v) is 10.5. The van der Waals surface area contributed by atoms with Crippen LogP contribution in [0.1, 0.15) is 10.6 Å². The largest absolute Gasteiger partial charge is 0.481 e. The molecule has 0 aliphatic heterocycles. The highest BCUT2D eigenvalue weighted by atomic mass is 32.1. The average Bonchev–Trinajstić information content (AvgIpc) is 2.74. The summed E-state index contributed by atoms with van der Waals surface area (Å²) in [6, 6.07) is 3.51. The molecule has 5 nitrogen and oxygen atoms in total. The smallest absolute Gasteiger partial charge is 0.215 e. The van der Waals surface area contributed by atoms with E-state index in [0.29, 0.717) is 23.9 Å². The zero-order chi connectivity index (χ0) is 12.3. The van der Waals surface area contributed by atoms with Gasteiger partial charge in [-0.05, 0) is 13.0 Å². The molecule has 0 spiro atoms. The number of ether oxygens (including phenoxy) is 1. The quantitative estimate of drug-likeness (QED) is 0.868. The molecule has 0 bridgehead atoms. The third-order valence-electron chi connectivity index (χ3n) is 2.37. The Kier molecular flexibility index (Phi) is 3.43. The Balaban J connectivity index is 2.11. The van der Waals surface area contributed by atoms with Crippen LogP contribution < -0.4 is 15.8 Å². The van der Waals surface area contributed by atoms with Crippen molar-refractivity contribution in [3.8, 4) is 5.88 Å². The number of aryl methyl sites for hydroxylation is 1. The van der Waals surface area contributed by atoms with Gasteiger partial charge in [0.15, 0.2) is 5.82 Å². The maximum absolute atomic E-state index is 5.83. The van der Waals surface area contributed by atoms with E-state index >= 15 is 0 Å². The van der Waals surface area contributed by atoms with Gasteiger partial charge in [0, 0.05) is 10.9 Å². The van der Waals surface area contributed by atoms with Crippen LogP contribution in [0.15, 0.2) is 17.6 Å². The first kappa shape index (κ1) is 11.7. The minimum Gasteiger partial charge on any atom is -0.481 e. The Bertz CT molecular complexity index is 512. The van der Waals surface area contributed by atoms with Crippen molar-refractivity contribution < 1.29 is 4.74 Å². The number of nitrogen functional groups attached to an aromatic ring is 1. The topological polar surface area (TPSA) is 73.1 Å². The van der Waals surface area contributed by atoms with E-state index in [0.717, 1.165) is 5.69 Å². The number of aromatic nitrogens is 2. The number of pyridine rings is 1. The van der Waals surface area contributed by atoms with Gasteiger partial charge in [-0.2, -0.15) is 4.98 Å². The van der Waals surface area contributed by atoms with E-state index in [-0.39, 0.29) is 0 Å². The van der Waals surface area contributed by atoms with Crippen LogP contribution in [0, 0.1) is 6.92 Å². The average molecular weight is 250 g/mol. The van der Waals surface area contributed by atoms with Crippen LogP contribution in [0.4, 0.5) is 11.5 Å². The summed E-state index contributed by atoms with van der Waals surface area (Å²) in [5.41, 5.74) is 9.29. The molecule has 17 heavy (non-hydrogen) atoms. The fourth-order valence-corrected chi connectivity index (χ4v) is 2.08. The van der Waals surface area contributed by atoms with Crippen LogP contribution in [0.25, 0.3) is 0 Å². The monoisotopic (exact) mass is 250 g/mol. The number of rotatable bonds is 4. The molecular formula is C11H14N4OS. The summed E-state index contributed by atoms with van der Waals surface area (Å²) >= 11 is 1.61. The van der Waals surface area contributed by atoms with Crippen LogP contribution in [0.2, 0.25) is 0 Å². The van der Waals surface area contributed by atoms with E-state index in [1.807, 2.05) is 12.4 Å². The van der Waals surface area contributed by atoms with E-state index in [9.17, 15) is 0 Å². The molecule has 2 rings (SSSR count). The lowest BCUT2D eigenvalue weighted by Gasteiger charge is -2.08. The van der Waals surface area contributed by atoms with Crippen molar-refractivity contribution in [2.24, 2.45) is 0 Å². The fraction of sp³-hybridized carbons (Fsp3) is 0.273. The number of nitrogens with two attached hydrogens (primary N) is 1. The van der Waals surface area contributed by atoms with E-state index in [1.165, 1.54) is 4.88 Å². The van der Waals surface area contributed by atoms with Gasteiger partial charge in [0.05, 0.1) is 30.5 Å². The lowest BCUT2D eigenvalue weighted by molar-refractivity contribution is 0.398. The second kappa shape index (κ2) is 5.01. The summed E-state index contributed by atoms with van der Waals surface area (Å²) in [5, 5.41) is 3.19. The molecule has 0 aliphatic rings. The van der Waals surface area contributed by atoms with E-state index in [2.05, 4.69) is 15.3 Å². The molecule has 0 atom stereocenters. The molecule has 3 N–H and O–H groups in total. The van der Waals surface area contributed by atoms with Crippen molar-refractivity contribution >= 4 is 22.8 Å². The third kappa shape index (κ3) is 2.65. The molecule has 2 aromatic rings. The van der Waals surface area contributed by atoms with Crippen LogP contribution >= 0.6 is 11.3 Å². The molecule has 0 amide bonds. The number of hydrogen-bond donors (Lipinski definition) is 2. The van der Waals surface area contributed by atoms with Gasteiger partial charge in [-0.25, -0.2) is 4.98 Å². The second-order valence-electron chi connectivity index (χ2n) is 3.51. The highest BCUT2D eigenvalue weighted by Gasteiger charge is 2.05. The number of thiazole rings is 1. The number of nitrogens with zero attached hydrogens (tertiary/aromatic N) is 2. The molecule has 0 unspecified atom stereocenters. The Labute approximate surface area is 104 Å². The van der Waals surface area contributed by atoms with Crippen LogP contribution in [0.5, 0.6) is 5.88 Å². The van der Waals surface area contributed by atoms with Gasteiger partial charge in [0.25, 0.3) is 0 Å². The maximum Gasteiger partial charge on any atom is 0.215 e. The summed E-state index contributed by atoms with van der Waals surface area (Å²) in [6.07, 6.45) is 0. The summed E-state index contributed by atoms with van der Waals surface area (Å²) in [5.74, 6) is 1.18. The van der Waals surface area contributed by atoms with Crippen molar-refractivity contribution in [1.82, 2.24) is 9.97 Å². The van der Waals surface area contributed by atoms with Crippen LogP contribution in [-0.2, 0) is 6.54 Å². The predicted molar refractivity (Wildman–Crippen MR) is 69.4 cm³/mol. The Morgan fingerprint density at radius 2 is 2.29 bits per heavy atom. The highest BCUT2D eigenvalue weighted by Crippen LogP contribution is 2.21. The number of anilines is 2. The molecule has 0 fully saturated rings. The van der Waals surface area contributed by atoms with Crippen LogP contribution in [0.3, 0.4) is 0 Å². The van der Waals surface area contributed by atoms with Gasteiger partial charge >= 0.3 is 0 Å². The van der Waals surface area contributed by atoms with Gasteiger partial charge < -0.3 is 15.8 Å². The Hall–Kier alpha value is -1.82. The third-order valence-corrected chi connectivity index (χ3v) is 3.31. The predicted octanol–water partition coefficient (Wildman–Crippen LogP) is 2.05. The Morgan fingerprint density at radius 1 is 1.47 bits per heavy atom. The molecule has 0 aliphatic carbocycles. The van der Waals surface area contributed by atoms with Gasteiger partial charge in [-0.3, -0.25) is 0 Å². The number of hydrogen-bond acceptors (Lipinski definition) is 6. The molecule has 90 valence electrons. The first-order chi connectivity index (χ1) is 8.20. The normalized spacial score (nSPS) is 10.2. The molecule has 0 saturated carbocycles. The number of nitrogens with one attached hydrogen (secondary N) is 1. The minimum absolute atomic E-state index is 0.544. The standard InChI is InChI=1S/C11H14N4OS/c1-7-9(17-6-14-7)5-13-11-8(12)3-4-10(15-11)16-2/h3-4,6H,5,12H2,1-2H3,(H,13,15). The first-order valence-corrected chi connectivity index (χ1v) is 6.02.